The molecule has 0 atom stereocenters. The summed E-state index contributed by atoms with van der Waals surface area (Å²) in [6, 6.07) is 17.3. The van der Waals surface area contributed by atoms with Gasteiger partial charge in [0.2, 0.25) is 5.91 Å². The van der Waals surface area contributed by atoms with Gasteiger partial charge in [-0.3, -0.25) is 4.79 Å². The van der Waals surface area contributed by atoms with Crippen LogP contribution < -0.4 is 5.73 Å². The second-order valence-electron chi connectivity index (χ2n) is 4.75. The molecule has 3 nitrogen and oxygen atoms in total. The summed E-state index contributed by atoms with van der Waals surface area (Å²) in [4.78, 5) is 16.3. The number of aryl methyl sites for hydroxylation is 1. The summed E-state index contributed by atoms with van der Waals surface area (Å²) in [6.07, 6.45) is 0. The Morgan fingerprint density at radius 3 is 2.50 bits per heavy atom. The second kappa shape index (κ2) is 4.78. The Morgan fingerprint density at radius 2 is 1.75 bits per heavy atom. The van der Waals surface area contributed by atoms with Crippen molar-refractivity contribution in [3.63, 3.8) is 0 Å². The molecule has 3 rings (SSSR count). The fourth-order valence-corrected chi connectivity index (χ4v) is 2.38. The summed E-state index contributed by atoms with van der Waals surface area (Å²) in [5.41, 5.74) is 9.69. The number of hydrogen-bond acceptors (Lipinski definition) is 2. The molecule has 98 valence electrons. The Hall–Kier alpha value is -2.68. The summed E-state index contributed by atoms with van der Waals surface area (Å²) in [6.45, 7) is 2.02. The highest BCUT2D eigenvalue weighted by Crippen LogP contribution is 2.26. The minimum Gasteiger partial charge on any atom is -0.366 e. The molecule has 3 heteroatoms. The van der Waals surface area contributed by atoms with Gasteiger partial charge in [0, 0.05) is 10.9 Å². The number of rotatable bonds is 2. The van der Waals surface area contributed by atoms with Crippen LogP contribution in [0.2, 0.25) is 0 Å². The maximum absolute atomic E-state index is 11.7. The summed E-state index contributed by atoms with van der Waals surface area (Å²) < 4.78 is 0. The van der Waals surface area contributed by atoms with Gasteiger partial charge in [-0.1, -0.05) is 42.5 Å². The highest BCUT2D eigenvalue weighted by atomic mass is 16.1. The number of carbonyl (C=O) groups excluding carboxylic acids is 1. The minimum absolute atomic E-state index is 0.432. The Balaban J connectivity index is 2.33. The molecule has 1 heterocycles. The van der Waals surface area contributed by atoms with Crippen molar-refractivity contribution in [3.05, 3.63) is 65.7 Å². The Bertz CT molecular complexity index is 809. The fourth-order valence-electron chi connectivity index (χ4n) is 2.38. The van der Waals surface area contributed by atoms with Crippen molar-refractivity contribution in [1.29, 1.82) is 0 Å². The van der Waals surface area contributed by atoms with E-state index in [9.17, 15) is 4.79 Å². The molecular formula is C17H14N2O. The van der Waals surface area contributed by atoms with Gasteiger partial charge in [-0.15, -0.1) is 0 Å². The van der Waals surface area contributed by atoms with Crippen LogP contribution in [0.15, 0.2) is 54.6 Å². The normalized spacial score (nSPS) is 10.7. The third-order valence-corrected chi connectivity index (χ3v) is 3.40. The van der Waals surface area contributed by atoms with Crippen LogP contribution in [-0.2, 0) is 0 Å². The molecule has 1 amide bonds. The van der Waals surface area contributed by atoms with Gasteiger partial charge in [0.15, 0.2) is 0 Å². The van der Waals surface area contributed by atoms with Crippen LogP contribution in [-0.4, -0.2) is 10.9 Å². The number of hydrogen-bond donors (Lipinski definition) is 1. The topological polar surface area (TPSA) is 56.0 Å². The minimum atomic E-state index is -0.432. The van der Waals surface area contributed by atoms with Gasteiger partial charge < -0.3 is 5.73 Å². The number of nitrogens with two attached hydrogens (primary N) is 1. The molecule has 0 spiro atoms. The molecule has 20 heavy (non-hydrogen) atoms. The molecule has 0 unspecified atom stereocenters. The lowest BCUT2D eigenvalue weighted by molar-refractivity contribution is 0.100. The number of pyridine rings is 1. The molecular weight excluding hydrogens is 248 g/mol. The Morgan fingerprint density at radius 1 is 1.05 bits per heavy atom. The maximum atomic E-state index is 11.7. The zero-order valence-corrected chi connectivity index (χ0v) is 11.1. The van der Waals surface area contributed by atoms with Crippen molar-refractivity contribution in [3.8, 4) is 11.3 Å². The number of fused-ring (bicyclic) bond motifs is 1. The monoisotopic (exact) mass is 262 g/mol. The van der Waals surface area contributed by atoms with Gasteiger partial charge in [0.1, 0.15) is 0 Å². The lowest BCUT2D eigenvalue weighted by Gasteiger charge is -2.09. The second-order valence-corrected chi connectivity index (χ2v) is 4.75. The standard InChI is InChI=1S/C17H14N2O/c1-11-6-2-3-7-12(11)16-10-14(17(18)20)13-8-4-5-9-15(13)19-16/h2-10H,1H3,(H2,18,20). The van der Waals surface area contributed by atoms with E-state index in [2.05, 4.69) is 4.98 Å². The summed E-state index contributed by atoms with van der Waals surface area (Å²) >= 11 is 0. The van der Waals surface area contributed by atoms with Crippen LogP contribution in [0, 0.1) is 6.92 Å². The predicted octanol–water partition coefficient (Wildman–Crippen LogP) is 3.31. The van der Waals surface area contributed by atoms with E-state index in [0.717, 1.165) is 27.7 Å². The van der Waals surface area contributed by atoms with Crippen LogP contribution in [0.3, 0.4) is 0 Å². The lowest BCUT2D eigenvalue weighted by Crippen LogP contribution is -2.12. The zero-order chi connectivity index (χ0) is 14.1. The molecule has 2 N–H and O–H groups in total. The van der Waals surface area contributed by atoms with Crippen molar-refractivity contribution >= 4 is 16.8 Å². The largest absolute Gasteiger partial charge is 0.366 e. The molecule has 0 saturated heterocycles. The van der Waals surface area contributed by atoms with Crippen LogP contribution in [0.4, 0.5) is 0 Å². The Labute approximate surface area is 117 Å². The van der Waals surface area contributed by atoms with Crippen molar-refractivity contribution in [2.24, 2.45) is 5.73 Å². The van der Waals surface area contributed by atoms with Crippen LogP contribution in [0.25, 0.3) is 22.2 Å². The number of carbonyl (C=O) groups is 1. The fraction of sp³-hybridized carbons (Fsp3) is 0.0588. The molecule has 0 saturated carbocycles. The molecule has 0 aliphatic carbocycles. The summed E-state index contributed by atoms with van der Waals surface area (Å²) in [7, 11) is 0. The molecule has 1 aromatic heterocycles. The van der Waals surface area contributed by atoms with Gasteiger partial charge in [-0.05, 0) is 24.6 Å². The molecule has 0 fully saturated rings. The summed E-state index contributed by atoms with van der Waals surface area (Å²) in [5.74, 6) is -0.432. The SMILES string of the molecule is Cc1ccccc1-c1cc(C(N)=O)c2ccccc2n1. The van der Waals surface area contributed by atoms with E-state index in [1.165, 1.54) is 0 Å². The van der Waals surface area contributed by atoms with Gasteiger partial charge in [-0.25, -0.2) is 4.98 Å². The van der Waals surface area contributed by atoms with E-state index in [4.69, 9.17) is 5.73 Å². The van der Waals surface area contributed by atoms with E-state index in [1.807, 2.05) is 55.5 Å². The van der Waals surface area contributed by atoms with E-state index >= 15 is 0 Å². The summed E-state index contributed by atoms with van der Waals surface area (Å²) in [5, 5.41) is 0.789. The number of benzene rings is 2. The Kier molecular flexibility index (Phi) is 2.95. The molecule has 0 aliphatic heterocycles. The van der Waals surface area contributed by atoms with Crippen molar-refractivity contribution in [1.82, 2.24) is 4.98 Å². The number of para-hydroxylation sites is 1. The van der Waals surface area contributed by atoms with Gasteiger partial charge in [0.25, 0.3) is 0 Å². The van der Waals surface area contributed by atoms with Crippen LogP contribution in [0.1, 0.15) is 15.9 Å². The molecule has 2 aromatic carbocycles. The van der Waals surface area contributed by atoms with E-state index in [1.54, 1.807) is 6.07 Å². The zero-order valence-electron chi connectivity index (χ0n) is 11.1. The van der Waals surface area contributed by atoms with E-state index in [0.29, 0.717) is 5.56 Å². The van der Waals surface area contributed by atoms with Crippen molar-refractivity contribution in [2.75, 3.05) is 0 Å². The first-order valence-corrected chi connectivity index (χ1v) is 6.42. The number of amides is 1. The number of aromatic nitrogens is 1. The average molecular weight is 262 g/mol. The third kappa shape index (κ3) is 2.03. The third-order valence-electron chi connectivity index (χ3n) is 3.40. The van der Waals surface area contributed by atoms with Gasteiger partial charge in [0.05, 0.1) is 16.8 Å². The predicted molar refractivity (Wildman–Crippen MR) is 80.4 cm³/mol. The highest BCUT2D eigenvalue weighted by molar-refractivity contribution is 6.06. The smallest absolute Gasteiger partial charge is 0.249 e. The maximum Gasteiger partial charge on any atom is 0.249 e. The number of primary amides is 1. The first-order chi connectivity index (χ1) is 9.66. The molecule has 0 bridgehead atoms. The van der Waals surface area contributed by atoms with Crippen molar-refractivity contribution in [2.45, 2.75) is 6.92 Å². The first-order valence-electron chi connectivity index (χ1n) is 6.42. The van der Waals surface area contributed by atoms with E-state index in [-0.39, 0.29) is 0 Å². The van der Waals surface area contributed by atoms with Crippen LogP contribution >= 0.6 is 0 Å². The molecule has 0 radical (unpaired) electrons. The first kappa shape index (κ1) is 12.4. The van der Waals surface area contributed by atoms with Gasteiger partial charge in [-0.2, -0.15) is 0 Å². The molecule has 3 aromatic rings. The van der Waals surface area contributed by atoms with Crippen molar-refractivity contribution < 1.29 is 4.79 Å². The van der Waals surface area contributed by atoms with Gasteiger partial charge >= 0.3 is 0 Å². The number of nitrogens with zero attached hydrogens (tertiary/aromatic N) is 1. The highest BCUT2D eigenvalue weighted by Gasteiger charge is 2.11. The molecule has 0 aliphatic rings. The van der Waals surface area contributed by atoms with E-state index < -0.39 is 5.91 Å². The quantitative estimate of drug-likeness (QED) is 0.770. The average Bonchev–Trinajstić information content (AvgIpc) is 2.46. The lowest BCUT2D eigenvalue weighted by atomic mass is 10.0. The van der Waals surface area contributed by atoms with Crippen LogP contribution in [0.5, 0.6) is 0 Å².